The molecular weight excluding hydrogens is 364 g/mol. The second-order valence-corrected chi connectivity index (χ2v) is 7.26. The highest BCUT2D eigenvalue weighted by atomic mass is 35.5. The van der Waals surface area contributed by atoms with Crippen molar-refractivity contribution in [3.05, 3.63) is 52.2 Å². The first-order chi connectivity index (χ1) is 12.6. The van der Waals surface area contributed by atoms with E-state index in [2.05, 4.69) is 34.4 Å². The van der Waals surface area contributed by atoms with Gasteiger partial charge in [-0.1, -0.05) is 49.7 Å². The summed E-state index contributed by atoms with van der Waals surface area (Å²) in [7, 11) is 0. The lowest BCUT2D eigenvalue weighted by molar-refractivity contribution is -0.115. The molecular formula is C20H23ClN4O2. The van der Waals surface area contributed by atoms with E-state index in [0.29, 0.717) is 22.1 Å². The van der Waals surface area contributed by atoms with Gasteiger partial charge >= 0.3 is 0 Å². The van der Waals surface area contributed by atoms with Crippen molar-refractivity contribution in [2.75, 3.05) is 10.6 Å². The van der Waals surface area contributed by atoms with Gasteiger partial charge in [0, 0.05) is 29.8 Å². The minimum Gasteiger partial charge on any atom is -0.310 e. The predicted octanol–water partition coefficient (Wildman–Crippen LogP) is 4.35. The minimum absolute atomic E-state index is 0.151. The molecule has 0 aliphatic rings. The van der Waals surface area contributed by atoms with Crippen molar-refractivity contribution in [3.8, 4) is 0 Å². The lowest BCUT2D eigenvalue weighted by atomic mass is 9.84. The standard InChI is InChI=1S/C20H23ClN4O2/c1-12-17(10-11-20(4,5)15-6-8-16(21)9-7-15)18(23-13(2)26)25-19(22-12)24-14(3)27/h6-11H,1-5H3,(H2,22,23,24,25,26,27)/b11-10+. The molecule has 7 heteroatoms. The van der Waals surface area contributed by atoms with Gasteiger partial charge in [0.05, 0.1) is 5.69 Å². The van der Waals surface area contributed by atoms with Crippen LogP contribution in [-0.4, -0.2) is 21.8 Å². The highest BCUT2D eigenvalue weighted by molar-refractivity contribution is 6.30. The van der Waals surface area contributed by atoms with Crippen molar-refractivity contribution < 1.29 is 9.59 Å². The zero-order valence-corrected chi connectivity index (χ0v) is 16.8. The molecule has 0 radical (unpaired) electrons. The van der Waals surface area contributed by atoms with E-state index in [4.69, 9.17) is 11.6 Å². The Morgan fingerprint density at radius 3 is 2.19 bits per heavy atom. The molecule has 0 saturated heterocycles. The summed E-state index contributed by atoms with van der Waals surface area (Å²) in [6, 6.07) is 7.66. The molecule has 0 aliphatic heterocycles. The lowest BCUT2D eigenvalue weighted by Gasteiger charge is -2.21. The van der Waals surface area contributed by atoms with Gasteiger partial charge in [-0.2, -0.15) is 4.98 Å². The monoisotopic (exact) mass is 386 g/mol. The van der Waals surface area contributed by atoms with E-state index in [1.165, 1.54) is 13.8 Å². The van der Waals surface area contributed by atoms with Crippen LogP contribution in [0.1, 0.15) is 44.5 Å². The van der Waals surface area contributed by atoms with Crippen LogP contribution < -0.4 is 10.6 Å². The van der Waals surface area contributed by atoms with Gasteiger partial charge in [0.1, 0.15) is 5.82 Å². The number of amides is 2. The van der Waals surface area contributed by atoms with Crippen LogP contribution in [0.5, 0.6) is 0 Å². The Hall–Kier alpha value is -2.73. The molecule has 0 aliphatic carbocycles. The maximum absolute atomic E-state index is 11.6. The molecule has 2 amide bonds. The molecule has 1 aromatic heterocycles. The summed E-state index contributed by atoms with van der Waals surface area (Å²) in [4.78, 5) is 31.4. The van der Waals surface area contributed by atoms with Crippen LogP contribution in [0.15, 0.2) is 30.3 Å². The first-order valence-electron chi connectivity index (χ1n) is 8.47. The first kappa shape index (κ1) is 20.6. The number of anilines is 2. The van der Waals surface area contributed by atoms with Crippen LogP contribution in [0.3, 0.4) is 0 Å². The number of benzene rings is 1. The normalized spacial score (nSPS) is 11.5. The molecule has 0 bridgehead atoms. The topological polar surface area (TPSA) is 84.0 Å². The highest BCUT2D eigenvalue weighted by Gasteiger charge is 2.18. The molecule has 0 spiro atoms. The number of aromatic nitrogens is 2. The Morgan fingerprint density at radius 1 is 1.04 bits per heavy atom. The molecule has 27 heavy (non-hydrogen) atoms. The third kappa shape index (κ3) is 5.62. The number of halogens is 1. The molecule has 2 rings (SSSR count). The fraction of sp³-hybridized carbons (Fsp3) is 0.300. The number of aryl methyl sites for hydroxylation is 1. The van der Waals surface area contributed by atoms with Gasteiger partial charge in [0.15, 0.2) is 0 Å². The Labute approximate surface area is 164 Å². The largest absolute Gasteiger partial charge is 0.310 e. The molecule has 2 aromatic rings. The van der Waals surface area contributed by atoms with Gasteiger partial charge in [-0.3, -0.25) is 14.9 Å². The number of carbonyl (C=O) groups is 2. The van der Waals surface area contributed by atoms with Crippen LogP contribution in [-0.2, 0) is 15.0 Å². The maximum atomic E-state index is 11.6. The summed E-state index contributed by atoms with van der Waals surface area (Å²) < 4.78 is 0. The first-order valence-corrected chi connectivity index (χ1v) is 8.85. The second-order valence-electron chi connectivity index (χ2n) is 6.82. The summed E-state index contributed by atoms with van der Waals surface area (Å²) >= 11 is 5.97. The maximum Gasteiger partial charge on any atom is 0.231 e. The number of hydrogen-bond acceptors (Lipinski definition) is 4. The number of nitrogens with zero attached hydrogens (tertiary/aromatic N) is 2. The van der Waals surface area contributed by atoms with Crippen molar-refractivity contribution in [1.82, 2.24) is 9.97 Å². The van der Waals surface area contributed by atoms with Crippen molar-refractivity contribution in [3.63, 3.8) is 0 Å². The number of nitrogens with one attached hydrogen (secondary N) is 2. The third-order valence-electron chi connectivity index (χ3n) is 3.97. The quantitative estimate of drug-likeness (QED) is 0.800. The van der Waals surface area contributed by atoms with Gasteiger partial charge < -0.3 is 5.32 Å². The van der Waals surface area contributed by atoms with Gasteiger partial charge in [0.25, 0.3) is 0 Å². The van der Waals surface area contributed by atoms with Gasteiger partial charge in [-0.25, -0.2) is 4.98 Å². The zero-order valence-electron chi connectivity index (χ0n) is 16.1. The van der Waals surface area contributed by atoms with Crippen molar-refractivity contribution >= 4 is 41.3 Å². The third-order valence-corrected chi connectivity index (χ3v) is 4.23. The zero-order chi connectivity index (χ0) is 20.2. The molecule has 142 valence electrons. The van der Waals surface area contributed by atoms with E-state index >= 15 is 0 Å². The molecule has 0 atom stereocenters. The van der Waals surface area contributed by atoms with E-state index in [0.717, 1.165) is 5.56 Å². The SMILES string of the molecule is CC(=O)Nc1nc(C)c(/C=C/C(C)(C)c2ccc(Cl)cc2)c(NC(C)=O)n1. The summed E-state index contributed by atoms with van der Waals surface area (Å²) in [6.45, 7) is 8.73. The van der Waals surface area contributed by atoms with E-state index in [9.17, 15) is 9.59 Å². The summed E-state index contributed by atoms with van der Waals surface area (Å²) in [6.07, 6.45) is 3.90. The van der Waals surface area contributed by atoms with Crippen molar-refractivity contribution in [2.45, 2.75) is 40.0 Å². The van der Waals surface area contributed by atoms with E-state index < -0.39 is 0 Å². The molecule has 0 fully saturated rings. The number of allylic oxidation sites excluding steroid dienone is 1. The molecule has 2 N–H and O–H groups in total. The van der Waals surface area contributed by atoms with Gasteiger partial charge in [-0.05, 0) is 24.6 Å². The Balaban J connectivity index is 2.43. The highest BCUT2D eigenvalue weighted by Crippen LogP contribution is 2.29. The number of rotatable bonds is 5. The van der Waals surface area contributed by atoms with Crippen molar-refractivity contribution in [2.24, 2.45) is 0 Å². The van der Waals surface area contributed by atoms with Crippen LogP contribution >= 0.6 is 11.6 Å². The molecule has 1 aromatic carbocycles. The molecule has 0 unspecified atom stereocenters. The number of carbonyl (C=O) groups excluding carboxylic acids is 2. The fourth-order valence-electron chi connectivity index (χ4n) is 2.52. The van der Waals surface area contributed by atoms with E-state index in [1.807, 2.05) is 36.4 Å². The predicted molar refractivity (Wildman–Crippen MR) is 109 cm³/mol. The Kier molecular flexibility index (Phi) is 6.33. The lowest BCUT2D eigenvalue weighted by Crippen LogP contribution is -2.16. The summed E-state index contributed by atoms with van der Waals surface area (Å²) in [5.74, 6) is -0.0383. The summed E-state index contributed by atoms with van der Waals surface area (Å²) in [5, 5.41) is 5.93. The molecule has 1 heterocycles. The van der Waals surface area contributed by atoms with Crippen LogP contribution in [0.25, 0.3) is 6.08 Å². The smallest absolute Gasteiger partial charge is 0.231 e. The Bertz CT molecular complexity index is 890. The number of hydrogen-bond donors (Lipinski definition) is 2. The second kappa shape index (κ2) is 8.31. The average Bonchev–Trinajstić information content (AvgIpc) is 2.53. The van der Waals surface area contributed by atoms with E-state index in [-0.39, 0.29) is 23.2 Å². The molecule has 6 nitrogen and oxygen atoms in total. The Morgan fingerprint density at radius 2 is 1.63 bits per heavy atom. The average molecular weight is 387 g/mol. The summed E-state index contributed by atoms with van der Waals surface area (Å²) in [5.41, 5.74) is 2.14. The van der Waals surface area contributed by atoms with Crippen LogP contribution in [0.2, 0.25) is 5.02 Å². The fourth-order valence-corrected chi connectivity index (χ4v) is 2.65. The minimum atomic E-state index is -0.282. The van der Waals surface area contributed by atoms with Gasteiger partial charge in [0.2, 0.25) is 17.8 Å². The molecule has 0 saturated carbocycles. The van der Waals surface area contributed by atoms with Crippen LogP contribution in [0.4, 0.5) is 11.8 Å². The van der Waals surface area contributed by atoms with Gasteiger partial charge in [-0.15, -0.1) is 0 Å². The van der Waals surface area contributed by atoms with Crippen molar-refractivity contribution in [1.29, 1.82) is 0 Å². The van der Waals surface area contributed by atoms with E-state index in [1.54, 1.807) is 6.92 Å². The van der Waals surface area contributed by atoms with Crippen LogP contribution in [0, 0.1) is 6.92 Å².